The number of aryl methyl sites for hydroxylation is 1. The maximum atomic E-state index is 14.3. The average Bonchev–Trinajstić information content (AvgIpc) is 3.49. The highest BCUT2D eigenvalue weighted by Crippen LogP contribution is 2.59. The zero-order chi connectivity index (χ0) is 26.0. The predicted octanol–water partition coefficient (Wildman–Crippen LogP) is 3.04. The highest BCUT2D eigenvalue weighted by atomic mass is 35.5. The summed E-state index contributed by atoms with van der Waals surface area (Å²) in [6.07, 6.45) is 4.60. The number of esters is 1. The molecule has 1 aromatic carbocycles. The lowest BCUT2D eigenvalue weighted by atomic mass is 9.70. The normalized spacial score (nSPS) is 28.2. The van der Waals surface area contributed by atoms with Crippen molar-refractivity contribution in [1.82, 2.24) is 4.90 Å². The van der Waals surface area contributed by atoms with Crippen LogP contribution < -0.4 is 4.90 Å². The molecule has 0 aromatic heterocycles. The number of fused-ring (bicyclic) bond motifs is 1. The second-order valence-corrected chi connectivity index (χ2v) is 9.96. The number of hydrogen-bond donors (Lipinski definition) is 1. The number of hydrogen-bond acceptors (Lipinski definition) is 6. The molecular weight excluding hydrogens is 484 g/mol. The van der Waals surface area contributed by atoms with Crippen molar-refractivity contribution in [3.8, 4) is 0 Å². The third-order valence-corrected chi connectivity index (χ3v) is 7.77. The van der Waals surface area contributed by atoms with Crippen LogP contribution in [0.15, 0.2) is 43.5 Å². The van der Waals surface area contributed by atoms with Crippen molar-refractivity contribution in [1.29, 1.82) is 0 Å². The number of likely N-dealkylation sites (tertiary alicyclic amines) is 1. The van der Waals surface area contributed by atoms with Crippen LogP contribution in [0.2, 0.25) is 5.02 Å². The first-order valence-electron chi connectivity index (χ1n) is 12.4. The fourth-order valence-electron chi connectivity index (χ4n) is 6.05. The van der Waals surface area contributed by atoms with Crippen molar-refractivity contribution in [3.05, 3.63) is 54.1 Å². The van der Waals surface area contributed by atoms with Gasteiger partial charge >= 0.3 is 5.97 Å². The molecule has 8 nitrogen and oxygen atoms in total. The summed E-state index contributed by atoms with van der Waals surface area (Å²) in [5.74, 6) is -2.74. The van der Waals surface area contributed by atoms with Gasteiger partial charge in [-0.05, 0) is 44.2 Å². The molecule has 3 heterocycles. The lowest BCUT2D eigenvalue weighted by molar-refractivity contribution is -0.155. The van der Waals surface area contributed by atoms with Crippen molar-refractivity contribution in [2.45, 2.75) is 50.4 Å². The van der Waals surface area contributed by atoms with Crippen molar-refractivity contribution in [2.24, 2.45) is 11.8 Å². The third-order valence-electron chi connectivity index (χ3n) is 7.47. The van der Waals surface area contributed by atoms with Gasteiger partial charge in [0.2, 0.25) is 5.91 Å². The summed E-state index contributed by atoms with van der Waals surface area (Å²) in [5.41, 5.74) is 0.204. The number of carbonyl (C=O) groups excluding carboxylic acids is 3. The second-order valence-electron chi connectivity index (χ2n) is 9.55. The summed E-state index contributed by atoms with van der Waals surface area (Å²) in [6, 6.07) is 4.42. The molecule has 1 aromatic rings. The van der Waals surface area contributed by atoms with Gasteiger partial charge < -0.3 is 24.4 Å². The number of anilines is 1. The van der Waals surface area contributed by atoms with Crippen molar-refractivity contribution in [2.75, 3.05) is 31.2 Å². The van der Waals surface area contributed by atoms with Crippen LogP contribution in [0, 0.1) is 18.8 Å². The van der Waals surface area contributed by atoms with Crippen LogP contribution >= 0.6 is 11.6 Å². The number of carbonyl (C=O) groups is 3. The smallest absolute Gasteiger partial charge is 0.312 e. The number of ether oxygens (including phenoxy) is 2. The van der Waals surface area contributed by atoms with Gasteiger partial charge in [0.05, 0.1) is 35.3 Å². The van der Waals surface area contributed by atoms with E-state index in [9.17, 15) is 19.5 Å². The minimum absolute atomic E-state index is 0.140. The Bertz CT molecular complexity index is 1040. The van der Waals surface area contributed by atoms with Crippen LogP contribution in [-0.2, 0) is 23.9 Å². The van der Waals surface area contributed by atoms with Crippen LogP contribution in [0.5, 0.6) is 0 Å². The molecule has 2 amide bonds. The molecule has 1 N–H and O–H groups in total. The molecule has 3 fully saturated rings. The van der Waals surface area contributed by atoms with Gasteiger partial charge in [0, 0.05) is 19.7 Å². The van der Waals surface area contributed by atoms with Gasteiger partial charge in [-0.15, -0.1) is 13.2 Å². The number of amides is 2. The number of benzene rings is 1. The number of aliphatic hydroxyl groups is 1. The summed E-state index contributed by atoms with van der Waals surface area (Å²) in [5, 5.41) is 9.91. The molecular formula is C27H33ClN2O6. The SMILES string of the molecule is C=CCCOC(=O)[C@@H]1[C@@H]2CCC3(O2)C(C(=O)N(CC=C)c2c(C)cccc2Cl)N(CCCO)C(=O)[C@H]13. The quantitative estimate of drug-likeness (QED) is 0.276. The highest BCUT2D eigenvalue weighted by Gasteiger charge is 2.75. The minimum Gasteiger partial charge on any atom is -0.465 e. The molecule has 0 radical (unpaired) electrons. The maximum Gasteiger partial charge on any atom is 0.312 e. The first-order chi connectivity index (χ1) is 17.3. The van der Waals surface area contributed by atoms with Gasteiger partial charge in [-0.1, -0.05) is 35.9 Å². The average molecular weight is 517 g/mol. The largest absolute Gasteiger partial charge is 0.465 e. The zero-order valence-electron chi connectivity index (χ0n) is 20.5. The molecule has 0 aliphatic carbocycles. The van der Waals surface area contributed by atoms with Gasteiger partial charge in [0.1, 0.15) is 11.6 Å². The Morgan fingerprint density at radius 2 is 2.14 bits per heavy atom. The summed E-state index contributed by atoms with van der Waals surface area (Å²) in [7, 11) is 0. The maximum absolute atomic E-state index is 14.3. The van der Waals surface area contributed by atoms with Gasteiger partial charge in [0.25, 0.3) is 5.91 Å². The number of halogens is 1. The topological polar surface area (TPSA) is 96.4 Å². The Balaban J connectivity index is 1.75. The van der Waals surface area contributed by atoms with E-state index in [4.69, 9.17) is 21.1 Å². The summed E-state index contributed by atoms with van der Waals surface area (Å²) in [6.45, 7) is 9.69. The molecule has 3 saturated heterocycles. The fourth-order valence-corrected chi connectivity index (χ4v) is 6.38. The van der Waals surface area contributed by atoms with Crippen LogP contribution in [0.25, 0.3) is 0 Å². The Kier molecular flexibility index (Phi) is 7.87. The van der Waals surface area contributed by atoms with Crippen molar-refractivity contribution < 1.29 is 29.0 Å². The third kappa shape index (κ3) is 4.25. The Morgan fingerprint density at radius 1 is 1.36 bits per heavy atom. The Labute approximate surface area is 216 Å². The molecule has 4 rings (SSSR count). The molecule has 2 unspecified atom stereocenters. The highest BCUT2D eigenvalue weighted by molar-refractivity contribution is 6.34. The second kappa shape index (κ2) is 10.7. The zero-order valence-corrected chi connectivity index (χ0v) is 21.3. The number of para-hydroxylation sites is 1. The van der Waals surface area contributed by atoms with E-state index in [-0.39, 0.29) is 38.1 Å². The molecule has 3 aliphatic rings. The first kappa shape index (κ1) is 26.4. The van der Waals surface area contributed by atoms with E-state index in [0.29, 0.717) is 36.4 Å². The van der Waals surface area contributed by atoms with E-state index in [1.165, 1.54) is 9.80 Å². The van der Waals surface area contributed by atoms with Gasteiger partial charge in [-0.25, -0.2) is 0 Å². The molecule has 9 heteroatoms. The molecule has 5 atom stereocenters. The van der Waals surface area contributed by atoms with Crippen LogP contribution in [0.1, 0.15) is 31.2 Å². The molecule has 2 bridgehead atoms. The minimum atomic E-state index is -1.15. The van der Waals surface area contributed by atoms with E-state index in [1.54, 1.807) is 18.2 Å². The van der Waals surface area contributed by atoms with E-state index >= 15 is 0 Å². The van der Waals surface area contributed by atoms with Crippen molar-refractivity contribution in [3.63, 3.8) is 0 Å². The molecule has 0 saturated carbocycles. The fraction of sp³-hybridized carbons (Fsp3) is 0.519. The lowest BCUT2D eigenvalue weighted by Gasteiger charge is -2.37. The first-order valence-corrected chi connectivity index (χ1v) is 12.7. The molecule has 3 aliphatic heterocycles. The monoisotopic (exact) mass is 516 g/mol. The standard InChI is InChI=1S/C27H33ClN2O6/c1-4-6-16-35-26(34)20-19-11-12-27(36-19)21(20)24(32)30(14-8-15-31)23(27)25(33)29(13-5-2)22-17(3)9-7-10-18(22)28/h4-5,7,9-10,19-21,23,31H,1-2,6,8,11-16H2,3H3/t19-,20+,21-,23?,27?/m0/s1. The summed E-state index contributed by atoms with van der Waals surface area (Å²) < 4.78 is 11.9. The summed E-state index contributed by atoms with van der Waals surface area (Å²) >= 11 is 6.53. The Morgan fingerprint density at radius 3 is 2.81 bits per heavy atom. The van der Waals surface area contributed by atoms with Gasteiger partial charge in [0.15, 0.2) is 0 Å². The van der Waals surface area contributed by atoms with Gasteiger partial charge in [-0.3, -0.25) is 14.4 Å². The van der Waals surface area contributed by atoms with Crippen LogP contribution in [-0.4, -0.2) is 71.8 Å². The Hall–Kier alpha value is -2.68. The number of nitrogens with zero attached hydrogens (tertiary/aromatic N) is 2. The summed E-state index contributed by atoms with van der Waals surface area (Å²) in [4.78, 5) is 44.2. The lowest BCUT2D eigenvalue weighted by Crippen LogP contribution is -2.56. The van der Waals surface area contributed by atoms with Crippen LogP contribution in [0.4, 0.5) is 5.69 Å². The van der Waals surface area contributed by atoms with E-state index in [2.05, 4.69) is 13.2 Å². The number of rotatable bonds is 11. The van der Waals surface area contributed by atoms with E-state index in [1.807, 2.05) is 19.1 Å². The molecule has 1 spiro atoms. The number of aliphatic hydroxyl groups excluding tert-OH is 1. The van der Waals surface area contributed by atoms with Crippen molar-refractivity contribution >= 4 is 35.1 Å². The van der Waals surface area contributed by atoms with E-state index < -0.39 is 35.6 Å². The molecule has 194 valence electrons. The molecule has 36 heavy (non-hydrogen) atoms. The predicted molar refractivity (Wildman–Crippen MR) is 136 cm³/mol. The van der Waals surface area contributed by atoms with E-state index in [0.717, 1.165) is 5.56 Å². The van der Waals surface area contributed by atoms with Gasteiger partial charge in [-0.2, -0.15) is 0 Å². The van der Waals surface area contributed by atoms with Crippen LogP contribution in [0.3, 0.4) is 0 Å².